The highest BCUT2D eigenvalue weighted by molar-refractivity contribution is 7.98. The van der Waals surface area contributed by atoms with Crippen molar-refractivity contribution >= 4 is 28.8 Å². The number of rotatable bonds is 7. The van der Waals surface area contributed by atoms with Crippen LogP contribution in [0.5, 0.6) is 0 Å². The molecule has 1 aromatic carbocycles. The Morgan fingerprint density at radius 3 is 2.60 bits per heavy atom. The fourth-order valence-corrected chi connectivity index (χ4v) is 4.54. The van der Waals surface area contributed by atoms with Gasteiger partial charge in [0.05, 0.1) is 18.1 Å². The molecule has 0 unspecified atom stereocenters. The summed E-state index contributed by atoms with van der Waals surface area (Å²) in [7, 11) is 0. The predicted molar refractivity (Wildman–Crippen MR) is 123 cm³/mol. The lowest BCUT2D eigenvalue weighted by Gasteiger charge is -2.10. The van der Waals surface area contributed by atoms with Gasteiger partial charge < -0.3 is 9.67 Å². The van der Waals surface area contributed by atoms with Crippen molar-refractivity contribution < 1.29 is 27.5 Å². The van der Waals surface area contributed by atoms with Gasteiger partial charge in [-0.15, -0.1) is 0 Å². The number of pyridine rings is 1. The average molecular weight is 505 g/mol. The number of benzene rings is 1. The second-order valence-electron chi connectivity index (χ2n) is 7.89. The van der Waals surface area contributed by atoms with Gasteiger partial charge in [-0.1, -0.05) is 23.9 Å². The van der Waals surface area contributed by atoms with Crippen LogP contribution in [0.2, 0.25) is 0 Å². The normalized spacial score (nSPS) is 11.8. The SMILES string of the molecule is CCn1cc(-c2cnc(C(F)(F)F)c(C)c2)c2nc(SCc3ccc(F)c(CC(=O)O)c3)ncc21. The highest BCUT2D eigenvalue weighted by Crippen LogP contribution is 2.35. The van der Waals surface area contributed by atoms with Crippen LogP contribution in [0.4, 0.5) is 17.6 Å². The summed E-state index contributed by atoms with van der Waals surface area (Å²) in [5.74, 6) is -1.32. The lowest BCUT2D eigenvalue weighted by Crippen LogP contribution is -2.10. The van der Waals surface area contributed by atoms with Gasteiger partial charge in [0.2, 0.25) is 0 Å². The molecule has 0 fully saturated rings. The Kier molecular flexibility index (Phi) is 6.79. The fourth-order valence-electron chi connectivity index (χ4n) is 3.78. The molecule has 0 saturated heterocycles. The summed E-state index contributed by atoms with van der Waals surface area (Å²) in [5, 5.41) is 9.38. The smallest absolute Gasteiger partial charge is 0.433 e. The molecule has 0 aliphatic rings. The van der Waals surface area contributed by atoms with Crippen molar-refractivity contribution in [3.8, 4) is 11.1 Å². The monoisotopic (exact) mass is 504 g/mol. The van der Waals surface area contributed by atoms with E-state index in [1.54, 1.807) is 12.3 Å². The number of fused-ring (bicyclic) bond motifs is 1. The Bertz CT molecular complexity index is 1420. The maximum Gasteiger partial charge on any atom is 0.433 e. The van der Waals surface area contributed by atoms with E-state index >= 15 is 0 Å². The summed E-state index contributed by atoms with van der Waals surface area (Å²) < 4.78 is 55.2. The van der Waals surface area contributed by atoms with Gasteiger partial charge in [0.25, 0.3) is 0 Å². The van der Waals surface area contributed by atoms with Crippen LogP contribution < -0.4 is 0 Å². The number of carboxylic acid groups (broad SMARTS) is 1. The van der Waals surface area contributed by atoms with Crippen LogP contribution in [-0.2, 0) is 29.7 Å². The molecule has 0 bridgehead atoms. The van der Waals surface area contributed by atoms with Crippen LogP contribution in [0.3, 0.4) is 0 Å². The molecule has 0 radical (unpaired) electrons. The van der Waals surface area contributed by atoms with E-state index in [1.165, 1.54) is 43.1 Å². The first kappa shape index (κ1) is 24.6. The zero-order valence-electron chi connectivity index (χ0n) is 18.7. The Hall–Kier alpha value is -3.47. The van der Waals surface area contributed by atoms with Crippen molar-refractivity contribution in [3.05, 3.63) is 71.1 Å². The molecule has 4 rings (SSSR count). The molecule has 35 heavy (non-hydrogen) atoms. The summed E-state index contributed by atoms with van der Waals surface area (Å²) in [5.41, 5.74) is 2.37. The Labute approximate surface area is 202 Å². The number of hydrogen-bond donors (Lipinski definition) is 1. The Balaban J connectivity index is 1.66. The fraction of sp³-hybridized carbons (Fsp3) is 0.250. The van der Waals surface area contributed by atoms with Gasteiger partial charge in [-0.05, 0) is 42.7 Å². The number of halogens is 4. The van der Waals surface area contributed by atoms with Crippen LogP contribution in [0.1, 0.15) is 29.3 Å². The van der Waals surface area contributed by atoms with E-state index in [1.807, 2.05) is 17.7 Å². The number of carbonyl (C=O) groups is 1. The summed E-state index contributed by atoms with van der Waals surface area (Å²) >= 11 is 1.29. The number of aromatic nitrogens is 4. The first-order chi connectivity index (χ1) is 16.6. The maximum absolute atomic E-state index is 13.9. The van der Waals surface area contributed by atoms with Gasteiger partial charge in [-0.25, -0.2) is 14.4 Å². The minimum Gasteiger partial charge on any atom is -0.481 e. The average Bonchev–Trinajstić information content (AvgIpc) is 3.16. The number of carboxylic acids is 1. The lowest BCUT2D eigenvalue weighted by molar-refractivity contribution is -0.141. The minimum absolute atomic E-state index is 0.0181. The molecule has 0 spiro atoms. The molecule has 182 valence electrons. The van der Waals surface area contributed by atoms with E-state index in [0.29, 0.717) is 39.7 Å². The number of hydrogen-bond acceptors (Lipinski definition) is 5. The topological polar surface area (TPSA) is 80.9 Å². The second kappa shape index (κ2) is 9.65. The third kappa shape index (κ3) is 5.29. The molecule has 3 aromatic heterocycles. The van der Waals surface area contributed by atoms with Crippen LogP contribution >= 0.6 is 11.8 Å². The van der Waals surface area contributed by atoms with Crippen LogP contribution in [0.15, 0.2) is 48.0 Å². The third-order valence-corrected chi connectivity index (χ3v) is 6.35. The van der Waals surface area contributed by atoms with Crippen LogP contribution in [-0.4, -0.2) is 30.6 Å². The van der Waals surface area contributed by atoms with Gasteiger partial charge in [-0.3, -0.25) is 9.78 Å². The molecule has 4 aromatic rings. The molecule has 3 heterocycles. The van der Waals surface area contributed by atoms with E-state index in [0.717, 1.165) is 5.52 Å². The maximum atomic E-state index is 13.9. The molecular weight excluding hydrogens is 484 g/mol. The molecular formula is C24H20F4N4O2S. The predicted octanol–water partition coefficient (Wildman–Crippen LogP) is 5.90. The number of aliphatic carboxylic acids is 1. The summed E-state index contributed by atoms with van der Waals surface area (Å²) in [6.07, 6.45) is -0.280. The van der Waals surface area contributed by atoms with Crippen LogP contribution in [0.25, 0.3) is 22.2 Å². The molecule has 0 aliphatic heterocycles. The van der Waals surface area contributed by atoms with E-state index in [-0.39, 0.29) is 11.1 Å². The zero-order valence-corrected chi connectivity index (χ0v) is 19.5. The highest BCUT2D eigenvalue weighted by Gasteiger charge is 2.34. The van der Waals surface area contributed by atoms with Crippen molar-refractivity contribution in [2.24, 2.45) is 0 Å². The number of alkyl halides is 3. The Morgan fingerprint density at radius 2 is 1.94 bits per heavy atom. The van der Waals surface area contributed by atoms with E-state index in [9.17, 15) is 22.4 Å². The number of nitrogens with zero attached hydrogens (tertiary/aromatic N) is 4. The van der Waals surface area contributed by atoms with Crippen LogP contribution in [0, 0.1) is 12.7 Å². The van der Waals surface area contributed by atoms with Crippen molar-refractivity contribution in [1.29, 1.82) is 0 Å². The van der Waals surface area contributed by atoms with E-state index in [4.69, 9.17) is 5.11 Å². The molecule has 11 heteroatoms. The van der Waals surface area contributed by atoms with E-state index in [2.05, 4.69) is 15.0 Å². The third-order valence-electron chi connectivity index (χ3n) is 5.42. The van der Waals surface area contributed by atoms with Gasteiger partial charge >= 0.3 is 12.1 Å². The van der Waals surface area contributed by atoms with Crippen molar-refractivity contribution in [2.45, 2.75) is 43.9 Å². The summed E-state index contributed by atoms with van der Waals surface area (Å²) in [4.78, 5) is 23.6. The first-order valence-corrected chi connectivity index (χ1v) is 11.6. The molecule has 0 atom stereocenters. The Morgan fingerprint density at radius 1 is 1.17 bits per heavy atom. The number of aryl methyl sites for hydroxylation is 2. The summed E-state index contributed by atoms with van der Waals surface area (Å²) in [6.45, 7) is 3.92. The molecule has 1 N–H and O–H groups in total. The largest absolute Gasteiger partial charge is 0.481 e. The standard InChI is InChI=1S/C24H20F4N4O2S/c1-3-32-11-17(16-6-13(2)22(29-9-16)24(26,27)28)21-19(32)10-30-23(31-21)35-12-14-4-5-18(25)15(7-14)8-20(33)34/h4-7,9-11H,3,8,12H2,1-2H3,(H,33,34). The minimum atomic E-state index is -4.53. The van der Waals surface area contributed by atoms with E-state index < -0.39 is 30.1 Å². The zero-order chi connectivity index (χ0) is 25.3. The first-order valence-electron chi connectivity index (χ1n) is 10.6. The van der Waals surface area contributed by atoms with Gasteiger partial charge in [0.15, 0.2) is 5.16 Å². The second-order valence-corrected chi connectivity index (χ2v) is 8.83. The molecule has 0 aliphatic carbocycles. The van der Waals surface area contributed by atoms with Crippen molar-refractivity contribution in [1.82, 2.24) is 19.5 Å². The molecule has 6 nitrogen and oxygen atoms in total. The van der Waals surface area contributed by atoms with Crippen molar-refractivity contribution in [2.75, 3.05) is 0 Å². The molecule has 0 saturated carbocycles. The van der Waals surface area contributed by atoms with Gasteiger partial charge in [-0.2, -0.15) is 13.2 Å². The van der Waals surface area contributed by atoms with Crippen molar-refractivity contribution in [3.63, 3.8) is 0 Å². The molecule has 0 amide bonds. The van der Waals surface area contributed by atoms with Gasteiger partial charge in [0.1, 0.15) is 17.0 Å². The van der Waals surface area contributed by atoms with Gasteiger partial charge in [0, 0.05) is 35.8 Å². The number of thioether (sulfide) groups is 1. The quantitative estimate of drug-likeness (QED) is 0.192. The highest BCUT2D eigenvalue weighted by atomic mass is 32.2. The summed E-state index contributed by atoms with van der Waals surface area (Å²) in [6, 6.07) is 5.76. The lowest BCUT2D eigenvalue weighted by atomic mass is 10.1.